The predicted octanol–water partition coefficient (Wildman–Crippen LogP) is 4.14. The van der Waals surface area contributed by atoms with Crippen molar-refractivity contribution in [1.29, 1.82) is 0 Å². The van der Waals surface area contributed by atoms with Gasteiger partial charge in [-0.2, -0.15) is 13.4 Å². The number of rotatable bonds is 11. The topological polar surface area (TPSA) is 178 Å². The van der Waals surface area contributed by atoms with E-state index in [0.29, 0.717) is 11.3 Å². The summed E-state index contributed by atoms with van der Waals surface area (Å²) in [6.07, 6.45) is 3.60. The average molecular weight is 605 g/mol. The monoisotopic (exact) mass is 604 g/mol. The molecule has 0 bridgehead atoms. The molecule has 222 valence electrons. The van der Waals surface area contributed by atoms with Gasteiger partial charge in [0.05, 0.1) is 7.11 Å². The minimum atomic E-state index is -4.26. The molecule has 0 aliphatic carbocycles. The summed E-state index contributed by atoms with van der Waals surface area (Å²) in [4.78, 5) is 27.9. The highest BCUT2D eigenvalue weighted by Gasteiger charge is 2.26. The number of amides is 1. The number of anilines is 1. The van der Waals surface area contributed by atoms with Crippen LogP contribution < -0.4 is 24.7 Å². The molecule has 0 aliphatic heterocycles. The highest BCUT2D eigenvalue weighted by molar-refractivity contribution is 7.92. The van der Waals surface area contributed by atoms with E-state index in [4.69, 9.17) is 19.9 Å². The van der Waals surface area contributed by atoms with Crippen LogP contribution in [0, 0.1) is 11.8 Å². The molecule has 4 rings (SSSR count). The number of pyridine rings is 2. The zero-order valence-corrected chi connectivity index (χ0v) is 24.3. The third-order valence-electron chi connectivity index (χ3n) is 5.68. The summed E-state index contributed by atoms with van der Waals surface area (Å²) in [5.74, 6) is 5.56. The van der Waals surface area contributed by atoms with Gasteiger partial charge in [0, 0.05) is 24.2 Å². The molecule has 1 amide bonds. The maximum Gasteiger partial charge on any atom is 0.405 e. The van der Waals surface area contributed by atoms with Crippen molar-refractivity contribution in [3.8, 4) is 46.4 Å². The van der Waals surface area contributed by atoms with E-state index in [1.165, 1.54) is 31.8 Å². The number of aromatic nitrogens is 4. The van der Waals surface area contributed by atoms with Crippen LogP contribution in [0.25, 0.3) is 11.4 Å². The lowest BCUT2D eigenvalue weighted by molar-refractivity contribution is 0.171. The Labute approximate surface area is 248 Å². The number of methoxy groups -OCH3 is 1. The van der Waals surface area contributed by atoms with Gasteiger partial charge in [-0.1, -0.05) is 43.9 Å². The van der Waals surface area contributed by atoms with Gasteiger partial charge >= 0.3 is 6.09 Å². The van der Waals surface area contributed by atoms with Crippen molar-refractivity contribution in [2.45, 2.75) is 24.8 Å². The Morgan fingerprint density at radius 1 is 1.00 bits per heavy atom. The maximum absolute atomic E-state index is 13.5. The molecule has 3 N–H and O–H groups in total. The number of benzene rings is 1. The van der Waals surface area contributed by atoms with Gasteiger partial charge in [-0.25, -0.2) is 14.8 Å². The summed E-state index contributed by atoms with van der Waals surface area (Å²) in [5, 5.41) is -0.230. The summed E-state index contributed by atoms with van der Waals surface area (Å²) in [6.45, 7) is 3.47. The molecule has 0 saturated heterocycles. The molecule has 3 heterocycles. The molecule has 0 aliphatic rings. The summed E-state index contributed by atoms with van der Waals surface area (Å²) >= 11 is 0. The Morgan fingerprint density at radius 2 is 1.72 bits per heavy atom. The molecule has 14 heteroatoms. The number of hydrogen-bond acceptors (Lipinski definition) is 11. The van der Waals surface area contributed by atoms with Gasteiger partial charge in [-0.05, 0) is 41.8 Å². The van der Waals surface area contributed by atoms with Crippen molar-refractivity contribution in [2.75, 3.05) is 25.0 Å². The second kappa shape index (κ2) is 14.0. The first kappa shape index (κ1) is 30.5. The van der Waals surface area contributed by atoms with Crippen LogP contribution in [-0.2, 0) is 14.8 Å². The Hall–Kier alpha value is -5.42. The zero-order valence-electron chi connectivity index (χ0n) is 23.5. The molecular formula is C29H28N6O7S. The molecule has 0 atom stereocenters. The number of sulfonamides is 1. The van der Waals surface area contributed by atoms with Gasteiger partial charge in [0.2, 0.25) is 5.75 Å². The van der Waals surface area contributed by atoms with Gasteiger partial charge in [0.25, 0.3) is 15.9 Å². The SMILES string of the molecule is COc1ccccc1Oc1c(NS(=O)(=O)c2ccc(C(C)C)cn2)nc(-c2ccncc2)nc1OCC#CCOC(N)=O. The van der Waals surface area contributed by atoms with Crippen molar-refractivity contribution in [2.24, 2.45) is 5.73 Å². The number of nitrogens with one attached hydrogen (secondary N) is 1. The van der Waals surface area contributed by atoms with Crippen molar-refractivity contribution in [3.63, 3.8) is 0 Å². The lowest BCUT2D eigenvalue weighted by atomic mass is 10.1. The third kappa shape index (κ3) is 8.08. The Bertz CT molecular complexity index is 1740. The first-order chi connectivity index (χ1) is 20.7. The molecular weight excluding hydrogens is 576 g/mol. The van der Waals surface area contributed by atoms with Crippen LogP contribution in [0.15, 0.2) is 72.1 Å². The number of primary amides is 1. The molecule has 3 aromatic heterocycles. The largest absolute Gasteiger partial charge is 0.493 e. The summed E-state index contributed by atoms with van der Waals surface area (Å²) < 4.78 is 51.5. The highest BCUT2D eigenvalue weighted by atomic mass is 32.2. The average Bonchev–Trinajstić information content (AvgIpc) is 3.00. The van der Waals surface area contributed by atoms with E-state index in [2.05, 4.69) is 41.2 Å². The number of nitrogens with zero attached hydrogens (tertiary/aromatic N) is 4. The summed E-state index contributed by atoms with van der Waals surface area (Å²) in [6, 6.07) is 13.1. The quantitative estimate of drug-likeness (QED) is 0.235. The van der Waals surface area contributed by atoms with Gasteiger partial charge < -0.3 is 24.7 Å². The normalized spacial score (nSPS) is 10.8. The summed E-state index contributed by atoms with van der Waals surface area (Å²) in [7, 11) is -2.80. The Morgan fingerprint density at radius 3 is 2.37 bits per heavy atom. The smallest absolute Gasteiger partial charge is 0.405 e. The minimum Gasteiger partial charge on any atom is -0.493 e. The standard InChI is InChI=1S/C29H28N6O7S/c1-19(2)21-10-11-24(32-18-21)43(37,38)35-27-25(42-23-9-5-4-8-22(23)39-3)28(40-16-6-7-17-41-29(30)36)34-26(33-27)20-12-14-31-15-13-20/h4-5,8-15,18-19H,16-17H2,1-3H3,(H2,30,36)(H,33,34,35). The molecule has 1 aromatic carbocycles. The fraction of sp³-hybridized carbons (Fsp3) is 0.207. The number of nitrogens with two attached hydrogens (primary N) is 1. The highest BCUT2D eigenvalue weighted by Crippen LogP contribution is 2.41. The first-order valence-corrected chi connectivity index (χ1v) is 14.3. The van der Waals surface area contributed by atoms with Crippen LogP contribution in [0.3, 0.4) is 0 Å². The molecule has 13 nitrogen and oxygen atoms in total. The van der Waals surface area contributed by atoms with E-state index in [-0.39, 0.29) is 53.2 Å². The Balaban J connectivity index is 1.82. The van der Waals surface area contributed by atoms with Crippen molar-refractivity contribution >= 4 is 21.9 Å². The first-order valence-electron chi connectivity index (χ1n) is 12.8. The van der Waals surface area contributed by atoms with E-state index in [1.807, 2.05) is 13.8 Å². The van der Waals surface area contributed by atoms with Crippen molar-refractivity contribution in [1.82, 2.24) is 19.9 Å². The van der Waals surface area contributed by atoms with Gasteiger partial charge in [-0.3, -0.25) is 9.71 Å². The molecule has 0 saturated carbocycles. The fourth-order valence-electron chi connectivity index (χ4n) is 3.52. The number of para-hydroxylation sites is 2. The molecule has 4 aromatic rings. The van der Waals surface area contributed by atoms with E-state index in [1.54, 1.807) is 42.5 Å². The molecule has 0 spiro atoms. The van der Waals surface area contributed by atoms with E-state index in [9.17, 15) is 13.2 Å². The van der Waals surface area contributed by atoms with E-state index >= 15 is 0 Å². The van der Waals surface area contributed by atoms with Crippen LogP contribution in [0.1, 0.15) is 25.3 Å². The predicted molar refractivity (Wildman–Crippen MR) is 156 cm³/mol. The zero-order chi connectivity index (χ0) is 30.8. The van der Waals surface area contributed by atoms with Crippen LogP contribution in [-0.4, -0.2) is 54.8 Å². The fourth-order valence-corrected chi connectivity index (χ4v) is 4.45. The maximum atomic E-state index is 13.5. The van der Waals surface area contributed by atoms with Crippen LogP contribution in [0.4, 0.5) is 10.6 Å². The lowest BCUT2D eigenvalue weighted by Gasteiger charge is -2.18. The van der Waals surface area contributed by atoms with Gasteiger partial charge in [0.15, 0.2) is 41.4 Å². The van der Waals surface area contributed by atoms with Crippen LogP contribution >= 0.6 is 0 Å². The number of hydrogen-bond donors (Lipinski definition) is 2. The Kier molecular flexibility index (Phi) is 9.92. The lowest BCUT2D eigenvalue weighted by Crippen LogP contribution is -2.17. The van der Waals surface area contributed by atoms with Crippen LogP contribution in [0.2, 0.25) is 0 Å². The molecule has 0 fully saturated rings. The van der Waals surface area contributed by atoms with Gasteiger partial charge in [-0.15, -0.1) is 0 Å². The number of carbonyl (C=O) groups is 1. The van der Waals surface area contributed by atoms with E-state index < -0.39 is 16.1 Å². The van der Waals surface area contributed by atoms with Gasteiger partial charge in [0.1, 0.15) is 0 Å². The third-order valence-corrected chi connectivity index (χ3v) is 6.93. The van der Waals surface area contributed by atoms with E-state index in [0.717, 1.165) is 5.56 Å². The second-order valence-corrected chi connectivity index (χ2v) is 10.6. The van der Waals surface area contributed by atoms with Crippen LogP contribution in [0.5, 0.6) is 23.1 Å². The molecule has 0 radical (unpaired) electrons. The summed E-state index contributed by atoms with van der Waals surface area (Å²) in [5.41, 5.74) is 6.34. The number of carbonyl (C=O) groups excluding carboxylic acids is 1. The number of ether oxygens (including phenoxy) is 4. The molecule has 0 unspecified atom stereocenters. The van der Waals surface area contributed by atoms with Crippen molar-refractivity contribution in [3.05, 3.63) is 72.7 Å². The molecule has 43 heavy (non-hydrogen) atoms. The van der Waals surface area contributed by atoms with Crippen molar-refractivity contribution < 1.29 is 32.2 Å². The second-order valence-electron chi connectivity index (χ2n) is 8.96. The minimum absolute atomic E-state index is 0.107.